The van der Waals surface area contributed by atoms with Crippen molar-refractivity contribution in [3.8, 4) is 0 Å². The fourth-order valence-corrected chi connectivity index (χ4v) is 5.65. The summed E-state index contributed by atoms with van der Waals surface area (Å²) in [6.45, 7) is 6.31. The van der Waals surface area contributed by atoms with Crippen LogP contribution >= 0.6 is 23.1 Å². The quantitative estimate of drug-likeness (QED) is 0.489. The molecule has 0 aliphatic heterocycles. The summed E-state index contributed by atoms with van der Waals surface area (Å²) in [4.78, 5) is 34.5. The molecule has 2 N–H and O–H groups in total. The van der Waals surface area contributed by atoms with Crippen LogP contribution in [0, 0.1) is 19.8 Å². The number of fused-ring (bicyclic) bond motifs is 3. The van der Waals surface area contributed by atoms with Crippen LogP contribution in [0.5, 0.6) is 0 Å². The van der Waals surface area contributed by atoms with Crippen LogP contribution in [0.2, 0.25) is 0 Å². The van der Waals surface area contributed by atoms with E-state index in [-0.39, 0.29) is 17.2 Å². The lowest BCUT2D eigenvalue weighted by Gasteiger charge is -2.17. The van der Waals surface area contributed by atoms with Crippen molar-refractivity contribution in [3.63, 3.8) is 0 Å². The van der Waals surface area contributed by atoms with Crippen LogP contribution in [0.3, 0.4) is 0 Å². The number of rotatable bonds is 4. The van der Waals surface area contributed by atoms with E-state index >= 15 is 0 Å². The molecule has 1 aliphatic carbocycles. The van der Waals surface area contributed by atoms with Gasteiger partial charge in [0.1, 0.15) is 4.83 Å². The number of hydrogen-bond donors (Lipinski definition) is 2. The lowest BCUT2D eigenvalue weighted by atomic mass is 9.89. The molecule has 2 aromatic heterocycles. The minimum atomic E-state index is -0.115. The lowest BCUT2D eigenvalue weighted by molar-refractivity contribution is -0.113. The van der Waals surface area contributed by atoms with Crippen molar-refractivity contribution < 1.29 is 4.79 Å². The number of aromatic amines is 1. The van der Waals surface area contributed by atoms with E-state index in [9.17, 15) is 9.59 Å². The Hall–Kier alpha value is -2.12. The molecule has 0 bridgehead atoms. The van der Waals surface area contributed by atoms with Gasteiger partial charge in [-0.15, -0.1) is 11.3 Å². The third-order valence-corrected chi connectivity index (χ3v) is 7.30. The van der Waals surface area contributed by atoms with Crippen LogP contribution in [-0.2, 0) is 17.6 Å². The normalized spacial score (nSPS) is 16.2. The maximum absolute atomic E-state index is 12.6. The van der Waals surface area contributed by atoms with Gasteiger partial charge in [0.25, 0.3) is 5.56 Å². The zero-order chi connectivity index (χ0) is 19.8. The van der Waals surface area contributed by atoms with E-state index in [0.29, 0.717) is 11.1 Å². The number of carbonyl (C=O) groups excluding carboxylic acids is 1. The van der Waals surface area contributed by atoms with Crippen LogP contribution < -0.4 is 10.9 Å². The SMILES string of the molecule is Cc1ccc(NC(=O)CSc2nc3sc4c(c3c(=O)[nH]2)CCC(C)C4)cc1C. The number of carbonyl (C=O) groups is 1. The number of benzene rings is 1. The van der Waals surface area contributed by atoms with Crippen molar-refractivity contribution in [2.24, 2.45) is 5.92 Å². The Labute approximate surface area is 172 Å². The molecule has 1 atom stereocenters. The number of anilines is 1. The standard InChI is InChI=1S/C21H23N3O2S2/c1-11-4-7-15-16(8-11)28-20-18(15)19(26)23-21(24-20)27-10-17(25)22-14-6-5-12(2)13(3)9-14/h5-6,9,11H,4,7-8,10H2,1-3H3,(H,22,25)(H,23,24,26). The molecule has 1 aromatic carbocycles. The zero-order valence-corrected chi connectivity index (χ0v) is 17.9. The predicted octanol–water partition coefficient (Wildman–Crippen LogP) is 4.46. The highest BCUT2D eigenvalue weighted by atomic mass is 32.2. The van der Waals surface area contributed by atoms with Gasteiger partial charge in [-0.3, -0.25) is 9.59 Å². The van der Waals surface area contributed by atoms with Crippen LogP contribution in [0.15, 0.2) is 28.2 Å². The molecule has 0 saturated carbocycles. The molecule has 4 rings (SSSR count). The van der Waals surface area contributed by atoms with Gasteiger partial charge >= 0.3 is 0 Å². The molecule has 0 fully saturated rings. The lowest BCUT2D eigenvalue weighted by Crippen LogP contribution is -2.16. The van der Waals surface area contributed by atoms with Crippen molar-refractivity contribution in [2.45, 2.75) is 45.2 Å². The van der Waals surface area contributed by atoms with Crippen molar-refractivity contribution in [2.75, 3.05) is 11.1 Å². The van der Waals surface area contributed by atoms with E-state index in [1.165, 1.54) is 27.8 Å². The summed E-state index contributed by atoms with van der Waals surface area (Å²) in [5.74, 6) is 0.738. The molecule has 146 valence electrons. The van der Waals surface area contributed by atoms with Gasteiger partial charge in [0.15, 0.2) is 5.16 Å². The second kappa shape index (κ2) is 7.72. The van der Waals surface area contributed by atoms with Crippen LogP contribution in [0.4, 0.5) is 5.69 Å². The molecule has 3 aromatic rings. The van der Waals surface area contributed by atoms with E-state index < -0.39 is 0 Å². The molecule has 0 radical (unpaired) electrons. The van der Waals surface area contributed by atoms with Crippen LogP contribution in [0.25, 0.3) is 10.2 Å². The van der Waals surface area contributed by atoms with Crippen molar-refractivity contribution >= 4 is 44.9 Å². The van der Waals surface area contributed by atoms with Gasteiger partial charge in [-0.25, -0.2) is 4.98 Å². The number of thiophene rings is 1. The van der Waals surface area contributed by atoms with Crippen molar-refractivity contribution in [1.82, 2.24) is 9.97 Å². The average Bonchev–Trinajstić information content (AvgIpc) is 3.00. The Morgan fingerprint density at radius 2 is 2.18 bits per heavy atom. The number of aryl methyl sites for hydroxylation is 3. The Bertz CT molecular complexity index is 1120. The summed E-state index contributed by atoms with van der Waals surface area (Å²) in [5.41, 5.74) is 4.20. The third-order valence-electron chi connectivity index (χ3n) is 5.27. The topological polar surface area (TPSA) is 74.8 Å². The summed E-state index contributed by atoms with van der Waals surface area (Å²) >= 11 is 2.89. The Kier molecular flexibility index (Phi) is 5.29. The summed E-state index contributed by atoms with van der Waals surface area (Å²) < 4.78 is 0. The van der Waals surface area contributed by atoms with Gasteiger partial charge in [-0.05, 0) is 67.9 Å². The molecule has 1 aliphatic rings. The second-order valence-electron chi connectivity index (χ2n) is 7.54. The minimum Gasteiger partial charge on any atom is -0.325 e. The molecule has 1 amide bonds. The Morgan fingerprint density at radius 1 is 1.36 bits per heavy atom. The first-order valence-corrected chi connectivity index (χ1v) is 11.3. The number of nitrogens with one attached hydrogen (secondary N) is 2. The summed E-state index contributed by atoms with van der Waals surface area (Å²) in [7, 11) is 0. The molecule has 28 heavy (non-hydrogen) atoms. The first-order valence-electron chi connectivity index (χ1n) is 9.45. The predicted molar refractivity (Wildman–Crippen MR) is 117 cm³/mol. The monoisotopic (exact) mass is 413 g/mol. The second-order valence-corrected chi connectivity index (χ2v) is 9.59. The molecular formula is C21H23N3O2S2. The molecule has 7 heteroatoms. The first kappa shape index (κ1) is 19.2. The minimum absolute atomic E-state index is 0.0888. The summed E-state index contributed by atoms with van der Waals surface area (Å²) in [5, 5.41) is 4.15. The number of thioether (sulfide) groups is 1. The zero-order valence-electron chi connectivity index (χ0n) is 16.2. The molecule has 5 nitrogen and oxygen atoms in total. The molecular weight excluding hydrogens is 390 g/mol. The number of aromatic nitrogens is 2. The van der Waals surface area contributed by atoms with E-state index in [1.54, 1.807) is 11.3 Å². The fourth-order valence-electron chi connectivity index (χ4n) is 3.55. The maximum atomic E-state index is 12.6. The third kappa shape index (κ3) is 3.86. The van der Waals surface area contributed by atoms with E-state index in [2.05, 4.69) is 22.2 Å². The van der Waals surface area contributed by atoms with Crippen LogP contribution in [0.1, 0.15) is 34.9 Å². The number of hydrogen-bond acceptors (Lipinski definition) is 5. The van der Waals surface area contributed by atoms with E-state index in [0.717, 1.165) is 40.7 Å². The Balaban J connectivity index is 1.48. The molecule has 0 saturated heterocycles. The first-order chi connectivity index (χ1) is 13.4. The maximum Gasteiger partial charge on any atom is 0.260 e. The van der Waals surface area contributed by atoms with Gasteiger partial charge in [-0.2, -0.15) is 0 Å². The average molecular weight is 414 g/mol. The molecule has 0 spiro atoms. The fraction of sp³-hybridized carbons (Fsp3) is 0.381. The van der Waals surface area contributed by atoms with Crippen LogP contribution in [-0.4, -0.2) is 21.6 Å². The summed E-state index contributed by atoms with van der Waals surface area (Å²) in [6, 6.07) is 5.85. The molecule has 1 unspecified atom stereocenters. The van der Waals surface area contributed by atoms with Gasteiger partial charge in [0, 0.05) is 10.6 Å². The number of H-pyrrole nitrogens is 1. The van der Waals surface area contributed by atoms with Gasteiger partial charge in [0.2, 0.25) is 5.91 Å². The highest BCUT2D eigenvalue weighted by molar-refractivity contribution is 7.99. The van der Waals surface area contributed by atoms with Gasteiger partial charge < -0.3 is 10.3 Å². The Morgan fingerprint density at radius 3 is 2.96 bits per heavy atom. The largest absolute Gasteiger partial charge is 0.325 e. The van der Waals surface area contributed by atoms with Crippen molar-refractivity contribution in [1.29, 1.82) is 0 Å². The van der Waals surface area contributed by atoms with Crippen molar-refractivity contribution in [3.05, 3.63) is 50.1 Å². The van der Waals surface area contributed by atoms with E-state index in [4.69, 9.17) is 0 Å². The molecule has 2 heterocycles. The summed E-state index contributed by atoms with van der Waals surface area (Å²) in [6.07, 6.45) is 3.09. The highest BCUT2D eigenvalue weighted by Crippen LogP contribution is 2.36. The van der Waals surface area contributed by atoms with Gasteiger partial charge in [0.05, 0.1) is 11.1 Å². The van der Waals surface area contributed by atoms with Gasteiger partial charge in [-0.1, -0.05) is 24.8 Å². The smallest absolute Gasteiger partial charge is 0.260 e. The highest BCUT2D eigenvalue weighted by Gasteiger charge is 2.23. The number of nitrogens with zero attached hydrogens (tertiary/aromatic N) is 1. The van der Waals surface area contributed by atoms with E-state index in [1.807, 2.05) is 32.0 Å². The number of amides is 1.